The lowest BCUT2D eigenvalue weighted by atomic mass is 9.94. The highest BCUT2D eigenvalue weighted by Crippen LogP contribution is 2.38. The third-order valence-corrected chi connectivity index (χ3v) is 8.19. The average molecular weight is 324 g/mol. The van der Waals surface area contributed by atoms with Crippen LogP contribution in [0.15, 0.2) is 0 Å². The molecular formula is C20H37NS. The second-order valence-corrected chi connectivity index (χ2v) is 9.75. The lowest BCUT2D eigenvalue weighted by Gasteiger charge is -2.36. The van der Waals surface area contributed by atoms with Gasteiger partial charge in [0.05, 0.1) is 0 Å². The van der Waals surface area contributed by atoms with Gasteiger partial charge in [-0.3, -0.25) is 0 Å². The van der Waals surface area contributed by atoms with Gasteiger partial charge in [0.15, 0.2) is 0 Å². The van der Waals surface area contributed by atoms with Crippen LogP contribution in [-0.2, 0) is 0 Å². The van der Waals surface area contributed by atoms with Gasteiger partial charge in [-0.1, -0.05) is 51.4 Å². The molecule has 1 heterocycles. The van der Waals surface area contributed by atoms with E-state index in [0.717, 1.165) is 22.6 Å². The topological polar surface area (TPSA) is 3.24 Å². The number of nitrogens with zero attached hydrogens (tertiary/aromatic N) is 1. The molecule has 4 atom stereocenters. The molecule has 0 N–H and O–H groups in total. The van der Waals surface area contributed by atoms with Crippen LogP contribution in [0.5, 0.6) is 0 Å². The second kappa shape index (κ2) is 8.97. The van der Waals surface area contributed by atoms with Gasteiger partial charge in [0.25, 0.3) is 0 Å². The Morgan fingerprint density at radius 3 is 1.91 bits per heavy atom. The van der Waals surface area contributed by atoms with Crippen LogP contribution in [0.2, 0.25) is 0 Å². The first-order valence-electron chi connectivity index (χ1n) is 10.2. The Kier molecular flexibility index (Phi) is 6.99. The Bertz CT molecular complexity index is 319. The van der Waals surface area contributed by atoms with Crippen LogP contribution in [0.3, 0.4) is 0 Å². The predicted octanol–water partition coefficient (Wildman–Crippen LogP) is 6.02. The quantitative estimate of drug-likeness (QED) is 0.536. The van der Waals surface area contributed by atoms with Crippen molar-refractivity contribution in [1.82, 2.24) is 4.90 Å². The summed E-state index contributed by atoms with van der Waals surface area (Å²) in [5.74, 6) is 0. The van der Waals surface area contributed by atoms with E-state index < -0.39 is 0 Å². The van der Waals surface area contributed by atoms with Gasteiger partial charge < -0.3 is 4.90 Å². The van der Waals surface area contributed by atoms with Crippen LogP contribution in [0.25, 0.3) is 0 Å². The first-order valence-corrected chi connectivity index (χ1v) is 11.1. The Labute approximate surface area is 143 Å². The molecule has 0 aromatic rings. The first-order chi connectivity index (χ1) is 10.8. The molecule has 0 spiro atoms. The van der Waals surface area contributed by atoms with Crippen LogP contribution >= 0.6 is 11.8 Å². The molecule has 2 aliphatic carbocycles. The van der Waals surface area contributed by atoms with Gasteiger partial charge in [0.2, 0.25) is 0 Å². The van der Waals surface area contributed by atoms with E-state index in [2.05, 4.69) is 23.7 Å². The van der Waals surface area contributed by atoms with Crippen LogP contribution in [-0.4, -0.2) is 34.5 Å². The van der Waals surface area contributed by atoms with E-state index in [4.69, 9.17) is 0 Å². The van der Waals surface area contributed by atoms with E-state index in [9.17, 15) is 0 Å². The van der Waals surface area contributed by atoms with Gasteiger partial charge >= 0.3 is 0 Å². The van der Waals surface area contributed by atoms with Crippen LogP contribution in [0, 0.1) is 0 Å². The Balaban J connectivity index is 1.77. The molecule has 128 valence electrons. The van der Waals surface area contributed by atoms with Crippen molar-refractivity contribution in [1.29, 1.82) is 0 Å². The average Bonchev–Trinajstić information content (AvgIpc) is 2.68. The number of thioether (sulfide) groups is 1. The van der Waals surface area contributed by atoms with Gasteiger partial charge in [0.1, 0.15) is 0 Å². The van der Waals surface area contributed by atoms with Gasteiger partial charge in [0, 0.05) is 22.6 Å². The van der Waals surface area contributed by atoms with E-state index in [-0.39, 0.29) is 0 Å². The van der Waals surface area contributed by atoms with E-state index in [1.165, 1.54) is 96.3 Å². The molecule has 0 radical (unpaired) electrons. The number of fused-ring (bicyclic) bond motifs is 5. The summed E-state index contributed by atoms with van der Waals surface area (Å²) in [6.45, 7) is 0. The molecule has 3 fully saturated rings. The van der Waals surface area contributed by atoms with Crippen molar-refractivity contribution in [3.05, 3.63) is 0 Å². The van der Waals surface area contributed by atoms with E-state index in [1.807, 2.05) is 0 Å². The molecule has 4 unspecified atom stereocenters. The fourth-order valence-electron chi connectivity index (χ4n) is 5.02. The third kappa shape index (κ3) is 4.90. The highest BCUT2D eigenvalue weighted by Gasteiger charge is 2.30. The van der Waals surface area contributed by atoms with Crippen LogP contribution < -0.4 is 0 Å². The van der Waals surface area contributed by atoms with E-state index in [1.54, 1.807) is 0 Å². The third-order valence-electron chi connectivity index (χ3n) is 6.52. The maximum absolute atomic E-state index is 2.85. The summed E-state index contributed by atoms with van der Waals surface area (Å²) in [5, 5.41) is 1.92. The Morgan fingerprint density at radius 1 is 0.591 bits per heavy atom. The largest absolute Gasteiger partial charge is 0.300 e. The Morgan fingerprint density at radius 2 is 1.18 bits per heavy atom. The molecule has 0 aromatic carbocycles. The standard InChI is InChI=1S/C20H37NS/c1-21-17-10-6-2-4-8-12-19(15-14-17)22-20-13-9-5-3-7-11-18(21)16-20/h17-20H,2-16H2,1H3. The van der Waals surface area contributed by atoms with Crippen molar-refractivity contribution in [3.8, 4) is 0 Å². The molecule has 2 heteroatoms. The number of hydrogen-bond donors (Lipinski definition) is 0. The van der Waals surface area contributed by atoms with Gasteiger partial charge in [-0.15, -0.1) is 0 Å². The molecule has 4 bridgehead atoms. The summed E-state index contributed by atoms with van der Waals surface area (Å²) in [4.78, 5) is 2.85. The highest BCUT2D eigenvalue weighted by atomic mass is 32.2. The summed E-state index contributed by atoms with van der Waals surface area (Å²) >= 11 is 2.42. The summed E-state index contributed by atoms with van der Waals surface area (Å²) < 4.78 is 0. The van der Waals surface area contributed by atoms with Crippen molar-refractivity contribution >= 4 is 11.8 Å². The van der Waals surface area contributed by atoms with Gasteiger partial charge in [-0.05, 0) is 52.0 Å². The maximum Gasteiger partial charge on any atom is 0.0106 e. The number of rotatable bonds is 0. The summed E-state index contributed by atoms with van der Waals surface area (Å²) in [6.07, 6.45) is 22.2. The molecular weight excluding hydrogens is 286 g/mol. The van der Waals surface area contributed by atoms with E-state index >= 15 is 0 Å². The minimum Gasteiger partial charge on any atom is -0.300 e. The maximum atomic E-state index is 2.85. The fourth-order valence-corrected chi connectivity index (χ4v) is 6.78. The molecule has 3 rings (SSSR count). The van der Waals surface area contributed by atoms with Gasteiger partial charge in [-0.25, -0.2) is 0 Å². The zero-order valence-corrected chi connectivity index (χ0v) is 15.6. The zero-order chi connectivity index (χ0) is 15.2. The van der Waals surface area contributed by atoms with Crippen molar-refractivity contribution < 1.29 is 0 Å². The van der Waals surface area contributed by atoms with E-state index in [0.29, 0.717) is 0 Å². The Hall–Kier alpha value is 0.310. The highest BCUT2D eigenvalue weighted by molar-refractivity contribution is 8.00. The van der Waals surface area contributed by atoms with Crippen molar-refractivity contribution in [2.45, 2.75) is 119 Å². The fraction of sp³-hybridized carbons (Fsp3) is 1.00. The second-order valence-electron chi connectivity index (χ2n) is 8.15. The molecule has 1 aliphatic heterocycles. The molecule has 1 saturated heterocycles. The molecule has 2 saturated carbocycles. The SMILES string of the molecule is CN1C2CCCCCCC(CC2)SC2CCCCCCC1C2. The molecule has 3 aliphatic rings. The molecule has 22 heavy (non-hydrogen) atoms. The smallest absolute Gasteiger partial charge is 0.0106 e. The first kappa shape index (κ1) is 17.1. The summed E-state index contributed by atoms with van der Waals surface area (Å²) in [6, 6.07) is 1.76. The summed E-state index contributed by atoms with van der Waals surface area (Å²) in [7, 11) is 2.47. The molecule has 0 aromatic heterocycles. The number of hydrogen-bond acceptors (Lipinski definition) is 2. The summed E-state index contributed by atoms with van der Waals surface area (Å²) in [5.41, 5.74) is 0. The molecule has 0 amide bonds. The lowest BCUT2D eigenvalue weighted by Crippen LogP contribution is -2.41. The predicted molar refractivity (Wildman–Crippen MR) is 99.8 cm³/mol. The lowest BCUT2D eigenvalue weighted by molar-refractivity contribution is 0.135. The molecule has 1 nitrogen and oxygen atoms in total. The van der Waals surface area contributed by atoms with Crippen molar-refractivity contribution in [2.75, 3.05) is 7.05 Å². The van der Waals surface area contributed by atoms with Crippen molar-refractivity contribution in [3.63, 3.8) is 0 Å². The van der Waals surface area contributed by atoms with Crippen LogP contribution in [0.1, 0.15) is 96.3 Å². The minimum absolute atomic E-state index is 0.875. The zero-order valence-electron chi connectivity index (χ0n) is 14.8. The minimum atomic E-state index is 0.875. The van der Waals surface area contributed by atoms with Gasteiger partial charge in [-0.2, -0.15) is 11.8 Å². The van der Waals surface area contributed by atoms with Crippen LogP contribution in [0.4, 0.5) is 0 Å². The van der Waals surface area contributed by atoms with Crippen molar-refractivity contribution in [2.24, 2.45) is 0 Å². The normalized spacial score (nSPS) is 39.7. The monoisotopic (exact) mass is 323 g/mol.